The number of aromatic amines is 1. The monoisotopic (exact) mass is 998 g/mol. The number of carboxylic acids is 1. The number of carbonyl (C=O) groups is 9. The van der Waals surface area contributed by atoms with Crippen molar-refractivity contribution >= 4 is 65.9 Å². The van der Waals surface area contributed by atoms with Gasteiger partial charge in [0.25, 0.3) is 0 Å². The standard InChI is InChI=1S/C44H62N12O13S/c45-15-5-4-8-29(38(62)54-33(18-26-19-48-23-49-26)42(66)56-35(22-70)44(68)69)51-40(64)31(16-24-6-2-1-3-7-24)52-41(65)32(17-25-9-11-27(59)12-10-25)53-43(67)34(21-58)55-39(63)30(13-14-36(47)60)50-37(61)28(46)20-57/h1-3,6-7,9-12,19,23,28-35,57-59,70H,4-5,8,13-18,20-22,45-46H2,(H2,47,60)(H,48,49)(H,50,61)(H,51,64)(H,52,65)(H,53,67)(H,54,62)(H,55,63)(H,56,66)(H,68,69)/t28-,29-,30-,31-,32-,33-,34-,35-/m0/s1. The van der Waals surface area contributed by atoms with Crippen LogP contribution in [0.3, 0.4) is 0 Å². The van der Waals surface area contributed by atoms with Crippen molar-refractivity contribution in [3.63, 3.8) is 0 Å². The summed E-state index contributed by atoms with van der Waals surface area (Å²) in [6, 6.07) is 2.11. The van der Waals surface area contributed by atoms with Crippen molar-refractivity contribution in [1.82, 2.24) is 47.2 Å². The van der Waals surface area contributed by atoms with Gasteiger partial charge in [0.15, 0.2) is 0 Å². The highest BCUT2D eigenvalue weighted by Crippen LogP contribution is 2.14. The van der Waals surface area contributed by atoms with Crippen LogP contribution in [0.25, 0.3) is 0 Å². The first-order valence-corrected chi connectivity index (χ1v) is 22.7. The van der Waals surface area contributed by atoms with Gasteiger partial charge in [-0.05, 0) is 55.5 Å². The summed E-state index contributed by atoms with van der Waals surface area (Å²) in [5, 5.41) is 56.3. The van der Waals surface area contributed by atoms with E-state index in [1.54, 1.807) is 30.3 Å². The number of aliphatic hydroxyl groups excluding tert-OH is 2. The van der Waals surface area contributed by atoms with Crippen molar-refractivity contribution in [3.05, 3.63) is 83.9 Å². The van der Waals surface area contributed by atoms with Crippen molar-refractivity contribution < 1.29 is 63.6 Å². The average molecular weight is 999 g/mol. The minimum absolute atomic E-state index is 0.00265. The van der Waals surface area contributed by atoms with Crippen LogP contribution in [0.4, 0.5) is 0 Å². The highest BCUT2D eigenvalue weighted by Gasteiger charge is 2.35. The number of aromatic hydroxyl groups is 1. The van der Waals surface area contributed by atoms with Crippen LogP contribution >= 0.6 is 12.6 Å². The number of nitrogens with two attached hydrogens (primary N) is 3. The number of imidazole rings is 1. The number of phenolic OH excluding ortho intramolecular Hbond substituents is 1. The molecule has 3 rings (SSSR count). The van der Waals surface area contributed by atoms with Gasteiger partial charge in [0.1, 0.15) is 54.1 Å². The summed E-state index contributed by atoms with van der Waals surface area (Å²) in [5.41, 5.74) is 17.9. The van der Waals surface area contributed by atoms with E-state index in [0.717, 1.165) is 0 Å². The number of aliphatic carboxylic acids is 1. The summed E-state index contributed by atoms with van der Waals surface area (Å²) in [6.07, 6.45) is 2.14. The quantitative estimate of drug-likeness (QED) is 0.0213. The van der Waals surface area contributed by atoms with Crippen LogP contribution in [0.5, 0.6) is 5.75 Å². The van der Waals surface area contributed by atoms with Crippen LogP contribution in [0.1, 0.15) is 48.9 Å². The molecule has 0 bridgehead atoms. The van der Waals surface area contributed by atoms with Crippen molar-refractivity contribution in [2.75, 3.05) is 25.5 Å². The number of carbonyl (C=O) groups excluding carboxylic acids is 8. The molecule has 2 aromatic carbocycles. The zero-order valence-electron chi connectivity index (χ0n) is 38.0. The number of carboxylic acid groups (broad SMARTS) is 1. The summed E-state index contributed by atoms with van der Waals surface area (Å²) in [4.78, 5) is 126. The molecule has 26 heteroatoms. The molecule has 382 valence electrons. The Morgan fingerprint density at radius 3 is 1.56 bits per heavy atom. The lowest BCUT2D eigenvalue weighted by atomic mass is 10.0. The van der Waals surface area contributed by atoms with Crippen LogP contribution in [-0.4, -0.2) is 157 Å². The van der Waals surface area contributed by atoms with E-state index < -0.39 is 121 Å². The Morgan fingerprint density at radius 1 is 0.600 bits per heavy atom. The Morgan fingerprint density at radius 2 is 1.07 bits per heavy atom. The summed E-state index contributed by atoms with van der Waals surface area (Å²) >= 11 is 4.00. The molecule has 1 aromatic heterocycles. The van der Waals surface area contributed by atoms with Gasteiger partial charge in [-0.3, -0.25) is 38.4 Å². The molecule has 18 N–H and O–H groups in total. The minimum atomic E-state index is -1.77. The van der Waals surface area contributed by atoms with Gasteiger partial charge in [0.2, 0.25) is 47.3 Å². The summed E-state index contributed by atoms with van der Waals surface area (Å²) in [5.74, 6) is -9.26. The van der Waals surface area contributed by atoms with E-state index in [1.165, 1.54) is 36.8 Å². The normalized spacial score (nSPS) is 14.4. The molecule has 0 aliphatic carbocycles. The first-order chi connectivity index (χ1) is 33.4. The molecule has 8 amide bonds. The zero-order chi connectivity index (χ0) is 51.8. The molecule has 3 aromatic rings. The molecule has 8 atom stereocenters. The van der Waals surface area contributed by atoms with Crippen LogP contribution < -0.4 is 54.4 Å². The van der Waals surface area contributed by atoms with Gasteiger partial charge in [-0.15, -0.1) is 0 Å². The van der Waals surface area contributed by atoms with E-state index >= 15 is 0 Å². The molecule has 0 fully saturated rings. The van der Waals surface area contributed by atoms with E-state index in [2.05, 4.69) is 59.8 Å². The molecule has 0 aliphatic heterocycles. The molecule has 0 aliphatic rings. The van der Waals surface area contributed by atoms with Gasteiger partial charge >= 0.3 is 5.97 Å². The number of aliphatic hydroxyl groups is 2. The van der Waals surface area contributed by atoms with E-state index in [9.17, 15) is 63.6 Å². The first-order valence-electron chi connectivity index (χ1n) is 22.1. The van der Waals surface area contributed by atoms with E-state index in [1.807, 2.05) is 0 Å². The summed E-state index contributed by atoms with van der Waals surface area (Å²) in [6.45, 7) is -1.59. The molecule has 0 saturated carbocycles. The maximum absolute atomic E-state index is 14.4. The van der Waals surface area contributed by atoms with Gasteiger partial charge in [-0.2, -0.15) is 12.6 Å². The number of nitrogens with zero attached hydrogens (tertiary/aromatic N) is 1. The number of hydrogen-bond donors (Lipinski definition) is 16. The molecule has 0 unspecified atom stereocenters. The number of thiol groups is 1. The van der Waals surface area contributed by atoms with Crippen LogP contribution in [0.2, 0.25) is 0 Å². The summed E-state index contributed by atoms with van der Waals surface area (Å²) in [7, 11) is 0. The Bertz CT molecular complexity index is 2210. The van der Waals surface area contributed by atoms with E-state index in [4.69, 9.17) is 17.2 Å². The van der Waals surface area contributed by atoms with Gasteiger partial charge < -0.3 is 79.8 Å². The third-order valence-corrected chi connectivity index (χ3v) is 10.9. The third-order valence-electron chi connectivity index (χ3n) is 10.6. The van der Waals surface area contributed by atoms with Crippen LogP contribution in [0.15, 0.2) is 67.1 Å². The van der Waals surface area contributed by atoms with Crippen LogP contribution in [0, 0.1) is 0 Å². The number of benzene rings is 2. The van der Waals surface area contributed by atoms with Gasteiger partial charge in [0.05, 0.1) is 19.5 Å². The minimum Gasteiger partial charge on any atom is -0.508 e. The van der Waals surface area contributed by atoms with Gasteiger partial charge in [-0.1, -0.05) is 42.5 Å². The predicted molar refractivity (Wildman–Crippen MR) is 253 cm³/mol. The smallest absolute Gasteiger partial charge is 0.327 e. The molecule has 1 heterocycles. The van der Waals surface area contributed by atoms with Gasteiger partial charge in [-0.25, -0.2) is 9.78 Å². The topological polar surface area (TPSA) is 425 Å². The summed E-state index contributed by atoms with van der Waals surface area (Å²) < 4.78 is 0. The maximum Gasteiger partial charge on any atom is 0.327 e. The second kappa shape index (κ2) is 29.7. The molecular formula is C44H62N12O13S. The fraction of sp³-hybridized carbons (Fsp3) is 0.455. The molecule has 25 nitrogen and oxygen atoms in total. The van der Waals surface area contributed by atoms with Crippen molar-refractivity contribution in [2.45, 2.75) is 99.7 Å². The number of phenols is 1. The lowest BCUT2D eigenvalue weighted by Crippen LogP contribution is -2.61. The molecular weight excluding hydrogens is 937 g/mol. The molecule has 0 spiro atoms. The largest absolute Gasteiger partial charge is 0.508 e. The third kappa shape index (κ3) is 19.5. The van der Waals surface area contributed by atoms with Crippen molar-refractivity contribution in [2.24, 2.45) is 17.2 Å². The average Bonchev–Trinajstić information content (AvgIpc) is 3.86. The Labute approximate surface area is 407 Å². The molecule has 0 saturated heterocycles. The lowest BCUT2D eigenvalue weighted by molar-refractivity contribution is -0.141. The van der Waals surface area contributed by atoms with Crippen LogP contribution in [-0.2, 0) is 62.4 Å². The predicted octanol–water partition coefficient (Wildman–Crippen LogP) is -4.74. The number of amides is 8. The molecule has 0 radical (unpaired) electrons. The highest BCUT2D eigenvalue weighted by molar-refractivity contribution is 7.80. The lowest BCUT2D eigenvalue weighted by Gasteiger charge is -2.28. The molecule has 70 heavy (non-hydrogen) atoms. The van der Waals surface area contributed by atoms with Crippen molar-refractivity contribution in [3.8, 4) is 5.75 Å². The highest BCUT2D eigenvalue weighted by atomic mass is 32.1. The Balaban J connectivity index is 1.96. The SMILES string of the molecule is NCCCC[C@H](NC(=O)[C@H](Cc1ccccc1)NC(=O)[C@H](Cc1ccc(O)cc1)NC(=O)[C@H](CO)NC(=O)[C@H](CCC(N)=O)NC(=O)[C@@H](N)CO)C(=O)N[C@@H](Cc1cnc[nH]1)C(=O)N[C@@H](CS)C(=O)O. The number of primary amides is 1. The fourth-order valence-electron chi connectivity index (χ4n) is 6.65. The number of H-pyrrole nitrogens is 1. The number of nitrogens with one attached hydrogen (secondary N) is 8. The van der Waals surface area contributed by atoms with E-state index in [0.29, 0.717) is 29.7 Å². The Kier molecular flexibility index (Phi) is 24.3. The zero-order valence-corrected chi connectivity index (χ0v) is 38.9. The van der Waals surface area contributed by atoms with Crippen molar-refractivity contribution in [1.29, 1.82) is 0 Å². The second-order valence-corrected chi connectivity index (χ2v) is 16.4. The number of aromatic nitrogens is 2. The van der Waals surface area contributed by atoms with Gasteiger partial charge in [0, 0.05) is 43.3 Å². The number of rotatable bonds is 31. The second-order valence-electron chi connectivity index (χ2n) is 16.1. The number of hydrogen-bond acceptors (Lipinski definition) is 16. The first kappa shape index (κ1) is 57.2. The Hall–Kier alpha value is -7.13. The fourth-order valence-corrected chi connectivity index (χ4v) is 6.90. The maximum atomic E-state index is 14.4. The number of unbranched alkanes of at least 4 members (excludes halogenated alkanes) is 1. The van der Waals surface area contributed by atoms with E-state index in [-0.39, 0.29) is 50.2 Å².